The maximum absolute atomic E-state index is 4.80. The molecule has 2 heterocycles. The quantitative estimate of drug-likeness (QED) is 0.886. The van der Waals surface area contributed by atoms with E-state index in [1.54, 1.807) is 0 Å². The molecule has 0 aliphatic carbocycles. The van der Waals surface area contributed by atoms with E-state index in [0.29, 0.717) is 6.04 Å². The van der Waals surface area contributed by atoms with Gasteiger partial charge in [0.1, 0.15) is 0 Å². The number of hydrogen-bond acceptors (Lipinski definition) is 3. The topological polar surface area (TPSA) is 42.7 Å². The largest absolute Gasteiger partial charge is 0.310 e. The molecule has 1 N–H and O–H groups in total. The van der Waals surface area contributed by atoms with Crippen molar-refractivity contribution in [2.75, 3.05) is 0 Å². The first-order valence-corrected chi connectivity index (χ1v) is 7.82. The zero-order valence-electron chi connectivity index (χ0n) is 13.8. The van der Waals surface area contributed by atoms with E-state index >= 15 is 0 Å². The number of pyridine rings is 1. The zero-order valence-corrected chi connectivity index (χ0v) is 13.8. The zero-order chi connectivity index (χ0) is 15.4. The Hall–Kier alpha value is -1.68. The van der Waals surface area contributed by atoms with Gasteiger partial charge in [-0.3, -0.25) is 0 Å². The third-order valence-corrected chi connectivity index (χ3v) is 3.65. The Balaban J connectivity index is 2.47. The summed E-state index contributed by atoms with van der Waals surface area (Å²) in [5.41, 5.74) is 4.97. The number of hydrogen-bond donors (Lipinski definition) is 1. The van der Waals surface area contributed by atoms with Crippen LogP contribution in [-0.4, -0.2) is 20.8 Å². The van der Waals surface area contributed by atoms with Gasteiger partial charge < -0.3 is 5.32 Å². The lowest BCUT2D eigenvalue weighted by atomic mass is 10.1. The lowest BCUT2D eigenvalue weighted by Crippen LogP contribution is -2.23. The molecule has 2 aromatic heterocycles. The summed E-state index contributed by atoms with van der Waals surface area (Å²) in [5, 5.41) is 8.32. The fraction of sp³-hybridized carbons (Fsp3) is 0.529. The van der Waals surface area contributed by atoms with Gasteiger partial charge in [0.25, 0.3) is 0 Å². The van der Waals surface area contributed by atoms with Crippen molar-refractivity contribution in [3.8, 4) is 5.82 Å². The van der Waals surface area contributed by atoms with Gasteiger partial charge in [-0.25, -0.2) is 9.67 Å². The number of nitrogens with one attached hydrogen (secondary N) is 1. The first-order chi connectivity index (χ1) is 10.1. The molecule has 114 valence electrons. The molecule has 4 nitrogen and oxygen atoms in total. The molecule has 0 bridgehead atoms. The molecule has 0 aromatic carbocycles. The van der Waals surface area contributed by atoms with Crippen molar-refractivity contribution in [1.82, 2.24) is 20.1 Å². The van der Waals surface area contributed by atoms with E-state index in [9.17, 15) is 0 Å². The summed E-state index contributed by atoms with van der Waals surface area (Å²) in [5.74, 6) is 0.914. The maximum Gasteiger partial charge on any atom is 0.153 e. The summed E-state index contributed by atoms with van der Waals surface area (Å²) in [6, 6.07) is 4.58. The maximum atomic E-state index is 4.80. The minimum absolute atomic E-state index is 0.472. The summed E-state index contributed by atoms with van der Waals surface area (Å²) < 4.78 is 2.02. The second-order valence-corrected chi connectivity index (χ2v) is 5.72. The van der Waals surface area contributed by atoms with Crippen molar-refractivity contribution in [1.29, 1.82) is 0 Å². The number of aryl methyl sites for hydroxylation is 2. The van der Waals surface area contributed by atoms with Crippen LogP contribution >= 0.6 is 0 Å². The van der Waals surface area contributed by atoms with Crippen molar-refractivity contribution in [2.45, 2.75) is 60.0 Å². The molecule has 0 atom stereocenters. The van der Waals surface area contributed by atoms with E-state index in [4.69, 9.17) is 5.10 Å². The van der Waals surface area contributed by atoms with Crippen molar-refractivity contribution < 1.29 is 0 Å². The Bertz CT molecular complexity index is 599. The third-order valence-electron chi connectivity index (χ3n) is 3.65. The SMILES string of the molecule is CCc1nn(-c2cc(C)ccn2)c(CC)c1CNC(C)C. The van der Waals surface area contributed by atoms with E-state index in [1.807, 2.05) is 16.9 Å². The highest BCUT2D eigenvalue weighted by atomic mass is 15.3. The van der Waals surface area contributed by atoms with Crippen LogP contribution in [0.5, 0.6) is 0 Å². The summed E-state index contributed by atoms with van der Waals surface area (Å²) in [6.45, 7) is 11.6. The Morgan fingerprint density at radius 2 is 2.00 bits per heavy atom. The summed E-state index contributed by atoms with van der Waals surface area (Å²) in [6.07, 6.45) is 3.75. The van der Waals surface area contributed by atoms with E-state index in [1.165, 1.54) is 22.5 Å². The van der Waals surface area contributed by atoms with Crippen LogP contribution in [0.4, 0.5) is 0 Å². The molecule has 0 radical (unpaired) electrons. The first kappa shape index (κ1) is 15.7. The van der Waals surface area contributed by atoms with Gasteiger partial charge in [-0.2, -0.15) is 5.10 Å². The van der Waals surface area contributed by atoms with Gasteiger partial charge >= 0.3 is 0 Å². The lowest BCUT2D eigenvalue weighted by Gasteiger charge is -2.10. The predicted molar refractivity (Wildman–Crippen MR) is 86.8 cm³/mol. The molecule has 0 aliphatic rings. The Morgan fingerprint density at radius 1 is 1.24 bits per heavy atom. The normalized spacial score (nSPS) is 11.3. The lowest BCUT2D eigenvalue weighted by molar-refractivity contribution is 0.584. The number of aromatic nitrogens is 3. The Morgan fingerprint density at radius 3 is 2.57 bits per heavy atom. The summed E-state index contributed by atoms with van der Waals surface area (Å²) in [7, 11) is 0. The van der Waals surface area contributed by atoms with Crippen LogP contribution in [0.2, 0.25) is 0 Å². The Labute approximate surface area is 127 Å². The summed E-state index contributed by atoms with van der Waals surface area (Å²) in [4.78, 5) is 4.48. The molecule has 0 amide bonds. The highest BCUT2D eigenvalue weighted by molar-refractivity contribution is 5.35. The second kappa shape index (κ2) is 6.85. The van der Waals surface area contributed by atoms with Crippen LogP contribution in [0.1, 0.15) is 50.2 Å². The monoisotopic (exact) mass is 286 g/mol. The predicted octanol–water partition coefficient (Wildman–Crippen LogP) is 3.20. The van der Waals surface area contributed by atoms with Crippen LogP contribution in [0, 0.1) is 6.92 Å². The van der Waals surface area contributed by atoms with E-state index in [0.717, 1.165) is 25.2 Å². The molecule has 0 saturated carbocycles. The molecule has 2 rings (SSSR count). The molecule has 0 aliphatic heterocycles. The van der Waals surface area contributed by atoms with Crippen molar-refractivity contribution in [2.24, 2.45) is 0 Å². The number of nitrogens with zero attached hydrogens (tertiary/aromatic N) is 3. The summed E-state index contributed by atoms with van der Waals surface area (Å²) >= 11 is 0. The standard InChI is InChI=1S/C17H26N4/c1-6-15-14(11-19-12(3)4)16(7-2)21(20-15)17-10-13(5)8-9-18-17/h8-10,12,19H,6-7,11H2,1-5H3. The van der Waals surface area contributed by atoms with Crippen LogP contribution < -0.4 is 5.32 Å². The van der Waals surface area contributed by atoms with Gasteiger partial charge in [0.2, 0.25) is 0 Å². The van der Waals surface area contributed by atoms with Crippen LogP contribution in [-0.2, 0) is 19.4 Å². The number of rotatable bonds is 6. The molecule has 0 spiro atoms. The highest BCUT2D eigenvalue weighted by Gasteiger charge is 2.17. The highest BCUT2D eigenvalue weighted by Crippen LogP contribution is 2.20. The fourth-order valence-corrected chi connectivity index (χ4v) is 2.52. The van der Waals surface area contributed by atoms with Gasteiger partial charge in [0.05, 0.1) is 11.4 Å². The van der Waals surface area contributed by atoms with Gasteiger partial charge in [-0.15, -0.1) is 0 Å². The fourth-order valence-electron chi connectivity index (χ4n) is 2.52. The second-order valence-electron chi connectivity index (χ2n) is 5.72. The molecule has 4 heteroatoms. The van der Waals surface area contributed by atoms with E-state index in [2.05, 4.69) is 51.0 Å². The van der Waals surface area contributed by atoms with Crippen LogP contribution in [0.15, 0.2) is 18.3 Å². The molecule has 2 aromatic rings. The van der Waals surface area contributed by atoms with Crippen molar-refractivity contribution >= 4 is 0 Å². The van der Waals surface area contributed by atoms with Crippen molar-refractivity contribution in [3.63, 3.8) is 0 Å². The van der Waals surface area contributed by atoms with Crippen LogP contribution in [0.3, 0.4) is 0 Å². The first-order valence-electron chi connectivity index (χ1n) is 7.82. The molecule has 0 fully saturated rings. The molecular formula is C17H26N4. The molecule has 21 heavy (non-hydrogen) atoms. The average Bonchev–Trinajstić information content (AvgIpc) is 2.82. The third kappa shape index (κ3) is 3.50. The van der Waals surface area contributed by atoms with Gasteiger partial charge in [0.15, 0.2) is 5.82 Å². The van der Waals surface area contributed by atoms with Crippen molar-refractivity contribution in [3.05, 3.63) is 40.8 Å². The van der Waals surface area contributed by atoms with Gasteiger partial charge in [0, 0.05) is 24.3 Å². The molecular weight excluding hydrogens is 260 g/mol. The van der Waals surface area contributed by atoms with E-state index < -0.39 is 0 Å². The minimum atomic E-state index is 0.472. The average molecular weight is 286 g/mol. The minimum Gasteiger partial charge on any atom is -0.310 e. The van der Waals surface area contributed by atoms with Crippen LogP contribution in [0.25, 0.3) is 5.82 Å². The molecule has 0 unspecified atom stereocenters. The van der Waals surface area contributed by atoms with Gasteiger partial charge in [-0.1, -0.05) is 27.7 Å². The Kier molecular flexibility index (Phi) is 5.12. The van der Waals surface area contributed by atoms with E-state index in [-0.39, 0.29) is 0 Å². The smallest absolute Gasteiger partial charge is 0.153 e. The molecule has 0 saturated heterocycles. The van der Waals surface area contributed by atoms with Gasteiger partial charge in [-0.05, 0) is 37.5 Å².